The Balaban J connectivity index is 1.90. The van der Waals surface area contributed by atoms with Gasteiger partial charge in [-0.25, -0.2) is 0 Å². The Morgan fingerprint density at radius 1 is 1.10 bits per heavy atom. The highest BCUT2D eigenvalue weighted by molar-refractivity contribution is 6.31. The van der Waals surface area contributed by atoms with Crippen LogP contribution in [0.4, 0.5) is 0 Å². The van der Waals surface area contributed by atoms with Crippen LogP contribution in [0, 0.1) is 0 Å². The Kier molecular flexibility index (Phi) is 5.16. The van der Waals surface area contributed by atoms with Crippen LogP contribution in [0.5, 0.6) is 0 Å². The number of carbonyl (C=O) groups excluding carboxylic acids is 1. The molecule has 0 aromatic heterocycles. The van der Waals surface area contributed by atoms with Crippen LogP contribution in [0.25, 0.3) is 0 Å². The van der Waals surface area contributed by atoms with E-state index in [-0.39, 0.29) is 18.9 Å². The lowest BCUT2D eigenvalue weighted by atomic mass is 10.1. The summed E-state index contributed by atoms with van der Waals surface area (Å²) in [5.41, 5.74) is 2.61. The number of aliphatic hydroxyl groups excluding tert-OH is 1. The van der Waals surface area contributed by atoms with Gasteiger partial charge < -0.3 is 10.4 Å². The summed E-state index contributed by atoms with van der Waals surface area (Å²) in [6, 6.07) is 14.8. The van der Waals surface area contributed by atoms with E-state index in [2.05, 4.69) is 5.32 Å². The van der Waals surface area contributed by atoms with Crippen molar-refractivity contribution in [2.24, 2.45) is 0 Å². The van der Waals surface area contributed by atoms with Crippen LogP contribution < -0.4 is 5.32 Å². The van der Waals surface area contributed by atoms with Gasteiger partial charge in [0.1, 0.15) is 0 Å². The van der Waals surface area contributed by atoms with E-state index >= 15 is 0 Å². The van der Waals surface area contributed by atoms with E-state index in [1.165, 1.54) is 0 Å². The van der Waals surface area contributed by atoms with Crippen molar-refractivity contribution in [1.82, 2.24) is 5.32 Å². The van der Waals surface area contributed by atoms with Gasteiger partial charge in [0.15, 0.2) is 0 Å². The van der Waals surface area contributed by atoms with Gasteiger partial charge in [-0.15, -0.1) is 0 Å². The Labute approximate surface area is 123 Å². The van der Waals surface area contributed by atoms with Gasteiger partial charge in [-0.1, -0.05) is 54.1 Å². The van der Waals surface area contributed by atoms with Crippen LogP contribution in [0.1, 0.15) is 16.7 Å². The summed E-state index contributed by atoms with van der Waals surface area (Å²) in [7, 11) is 0. The molecule has 0 saturated heterocycles. The fraction of sp³-hybridized carbons (Fsp3) is 0.188. The van der Waals surface area contributed by atoms with Crippen molar-refractivity contribution >= 4 is 17.5 Å². The molecule has 2 aromatic carbocycles. The Morgan fingerprint density at radius 2 is 1.85 bits per heavy atom. The van der Waals surface area contributed by atoms with Crippen molar-refractivity contribution in [3.05, 3.63) is 70.2 Å². The smallest absolute Gasteiger partial charge is 0.224 e. The molecule has 0 spiro atoms. The monoisotopic (exact) mass is 289 g/mol. The fourth-order valence-corrected chi connectivity index (χ4v) is 2.12. The molecule has 3 nitrogen and oxygen atoms in total. The molecule has 20 heavy (non-hydrogen) atoms. The normalized spacial score (nSPS) is 10.3. The molecule has 0 aliphatic heterocycles. The maximum absolute atomic E-state index is 11.9. The molecule has 0 aliphatic carbocycles. The first-order valence-corrected chi connectivity index (χ1v) is 6.75. The Bertz CT molecular complexity index is 599. The minimum Gasteiger partial charge on any atom is -0.392 e. The lowest BCUT2D eigenvalue weighted by Crippen LogP contribution is -2.24. The number of rotatable bonds is 5. The van der Waals surface area contributed by atoms with Crippen LogP contribution in [-0.2, 0) is 24.4 Å². The van der Waals surface area contributed by atoms with Gasteiger partial charge in [-0.2, -0.15) is 0 Å². The summed E-state index contributed by atoms with van der Waals surface area (Å²) in [4.78, 5) is 11.9. The van der Waals surface area contributed by atoms with Crippen molar-refractivity contribution in [3.63, 3.8) is 0 Å². The molecule has 2 N–H and O–H groups in total. The highest BCUT2D eigenvalue weighted by Crippen LogP contribution is 2.15. The van der Waals surface area contributed by atoms with Gasteiger partial charge in [-0.3, -0.25) is 4.79 Å². The predicted octanol–water partition coefficient (Wildman–Crippen LogP) is 2.69. The first-order chi connectivity index (χ1) is 9.69. The molecular formula is C16H16ClNO2. The van der Waals surface area contributed by atoms with Crippen LogP contribution in [0.2, 0.25) is 5.02 Å². The van der Waals surface area contributed by atoms with Crippen molar-refractivity contribution in [1.29, 1.82) is 0 Å². The lowest BCUT2D eigenvalue weighted by molar-refractivity contribution is -0.120. The van der Waals surface area contributed by atoms with E-state index in [1.54, 1.807) is 6.07 Å². The average molecular weight is 290 g/mol. The lowest BCUT2D eigenvalue weighted by Gasteiger charge is -2.07. The minimum atomic E-state index is -0.0764. The molecule has 2 aromatic rings. The van der Waals surface area contributed by atoms with Gasteiger partial charge in [0.25, 0.3) is 0 Å². The third-order valence-corrected chi connectivity index (χ3v) is 3.34. The molecule has 0 fully saturated rings. The molecule has 0 aliphatic rings. The second-order valence-electron chi connectivity index (χ2n) is 4.52. The number of benzene rings is 2. The third kappa shape index (κ3) is 4.08. The first-order valence-electron chi connectivity index (χ1n) is 6.38. The molecule has 0 heterocycles. The zero-order valence-electron chi connectivity index (χ0n) is 11.0. The van der Waals surface area contributed by atoms with E-state index in [9.17, 15) is 4.79 Å². The number of halogens is 1. The second kappa shape index (κ2) is 7.08. The number of aliphatic hydroxyl groups is 1. The van der Waals surface area contributed by atoms with Crippen molar-refractivity contribution in [2.75, 3.05) is 0 Å². The largest absolute Gasteiger partial charge is 0.392 e. The maximum atomic E-state index is 11.9. The highest BCUT2D eigenvalue weighted by atomic mass is 35.5. The van der Waals surface area contributed by atoms with Crippen LogP contribution >= 0.6 is 11.6 Å². The molecule has 4 heteroatoms. The molecule has 0 bridgehead atoms. The van der Waals surface area contributed by atoms with Crippen LogP contribution in [0.15, 0.2) is 48.5 Å². The van der Waals surface area contributed by atoms with E-state index in [1.807, 2.05) is 42.5 Å². The SMILES string of the molecule is O=C(Cc1ccccc1Cl)NCc1cccc(CO)c1. The molecule has 1 amide bonds. The topological polar surface area (TPSA) is 49.3 Å². The van der Waals surface area contributed by atoms with Gasteiger partial charge >= 0.3 is 0 Å². The second-order valence-corrected chi connectivity index (χ2v) is 4.93. The zero-order chi connectivity index (χ0) is 14.4. The predicted molar refractivity (Wildman–Crippen MR) is 79.4 cm³/mol. The number of carbonyl (C=O) groups is 1. The zero-order valence-corrected chi connectivity index (χ0v) is 11.7. The maximum Gasteiger partial charge on any atom is 0.224 e. The quantitative estimate of drug-likeness (QED) is 0.889. The molecule has 104 valence electrons. The molecule has 0 saturated carbocycles. The molecule has 0 radical (unpaired) electrons. The minimum absolute atomic E-state index is 0.00140. The van der Waals surface area contributed by atoms with Gasteiger partial charge in [-0.05, 0) is 22.8 Å². The van der Waals surface area contributed by atoms with Crippen molar-refractivity contribution in [2.45, 2.75) is 19.6 Å². The average Bonchev–Trinajstić information content (AvgIpc) is 2.48. The summed E-state index contributed by atoms with van der Waals surface area (Å²) >= 11 is 6.02. The standard InChI is InChI=1S/C16H16ClNO2/c17-15-7-2-1-6-14(15)9-16(20)18-10-12-4-3-5-13(8-12)11-19/h1-8,19H,9-11H2,(H,18,20). The summed E-state index contributed by atoms with van der Waals surface area (Å²) in [5.74, 6) is -0.0764. The third-order valence-electron chi connectivity index (χ3n) is 2.97. The van der Waals surface area contributed by atoms with E-state index in [0.717, 1.165) is 16.7 Å². The summed E-state index contributed by atoms with van der Waals surface area (Å²) in [5, 5.41) is 12.5. The number of hydrogen-bond donors (Lipinski definition) is 2. The summed E-state index contributed by atoms with van der Waals surface area (Å²) in [6.45, 7) is 0.443. The number of amides is 1. The van der Waals surface area contributed by atoms with E-state index < -0.39 is 0 Å². The van der Waals surface area contributed by atoms with E-state index in [4.69, 9.17) is 16.7 Å². The summed E-state index contributed by atoms with van der Waals surface area (Å²) in [6.07, 6.45) is 0.263. The summed E-state index contributed by atoms with van der Waals surface area (Å²) < 4.78 is 0. The van der Waals surface area contributed by atoms with Crippen molar-refractivity contribution in [3.8, 4) is 0 Å². The highest BCUT2D eigenvalue weighted by Gasteiger charge is 2.06. The van der Waals surface area contributed by atoms with Gasteiger partial charge in [0.05, 0.1) is 13.0 Å². The Hall–Kier alpha value is -1.84. The van der Waals surface area contributed by atoms with Crippen LogP contribution in [-0.4, -0.2) is 11.0 Å². The number of hydrogen-bond acceptors (Lipinski definition) is 2. The molecular weight excluding hydrogens is 274 g/mol. The van der Waals surface area contributed by atoms with Crippen molar-refractivity contribution < 1.29 is 9.90 Å². The first kappa shape index (κ1) is 14.6. The Morgan fingerprint density at radius 3 is 2.60 bits per heavy atom. The molecule has 0 unspecified atom stereocenters. The fourth-order valence-electron chi connectivity index (χ4n) is 1.92. The number of nitrogens with one attached hydrogen (secondary N) is 1. The molecule has 0 atom stereocenters. The van der Waals surface area contributed by atoms with E-state index in [0.29, 0.717) is 11.6 Å². The van der Waals surface area contributed by atoms with Crippen LogP contribution in [0.3, 0.4) is 0 Å². The molecule has 2 rings (SSSR count). The van der Waals surface area contributed by atoms with Gasteiger partial charge in [0, 0.05) is 11.6 Å². The van der Waals surface area contributed by atoms with Gasteiger partial charge in [0.2, 0.25) is 5.91 Å².